The van der Waals surface area contributed by atoms with Gasteiger partial charge in [0.15, 0.2) is 9.84 Å². The molecule has 0 aromatic carbocycles. The van der Waals surface area contributed by atoms with Crippen LogP contribution in [-0.4, -0.2) is 79.5 Å². The van der Waals surface area contributed by atoms with Gasteiger partial charge in [-0.05, 0) is 26.4 Å². The molecule has 0 saturated carbocycles. The van der Waals surface area contributed by atoms with Crippen LogP contribution in [0.3, 0.4) is 0 Å². The topological polar surface area (TPSA) is 92.6 Å². The highest BCUT2D eigenvalue weighted by Crippen LogP contribution is 2.24. The van der Waals surface area contributed by atoms with Crippen molar-refractivity contribution >= 4 is 19.9 Å². The fourth-order valence-electron chi connectivity index (χ4n) is 3.07. The van der Waals surface area contributed by atoms with Crippen LogP contribution in [0.5, 0.6) is 0 Å². The van der Waals surface area contributed by atoms with E-state index < -0.39 is 25.9 Å². The third-order valence-corrected chi connectivity index (χ3v) is 8.34. The summed E-state index contributed by atoms with van der Waals surface area (Å²) in [5, 5.41) is 4.05. The molecule has 1 saturated heterocycles. The molecule has 0 unspecified atom stereocenters. The molecule has 144 valence electrons. The summed E-state index contributed by atoms with van der Waals surface area (Å²) in [6.07, 6.45) is 3.19. The van der Waals surface area contributed by atoms with Crippen LogP contribution in [0.15, 0.2) is 17.3 Å². The van der Waals surface area contributed by atoms with Crippen molar-refractivity contribution in [3.8, 4) is 0 Å². The second-order valence-electron chi connectivity index (χ2n) is 6.23. The lowest BCUT2D eigenvalue weighted by Gasteiger charge is -2.29. The predicted molar refractivity (Wildman–Crippen MR) is 96.6 cm³/mol. The first-order valence-corrected chi connectivity index (χ1v) is 12.0. The number of rotatable bonds is 9. The van der Waals surface area contributed by atoms with Gasteiger partial charge in [-0.2, -0.15) is 9.40 Å². The van der Waals surface area contributed by atoms with Gasteiger partial charge in [0.05, 0.1) is 17.7 Å². The molecule has 25 heavy (non-hydrogen) atoms. The Labute approximate surface area is 150 Å². The van der Waals surface area contributed by atoms with Gasteiger partial charge in [0.2, 0.25) is 10.0 Å². The van der Waals surface area contributed by atoms with Crippen molar-refractivity contribution < 1.29 is 16.8 Å². The standard InChI is InChI=1S/C15H28N4O4S2/c1-4-17(5-2)8-9-19(14-7-10-24(20,21)13-14)25(22,23)15-11-16-18(6-3)12-15/h11-12,14H,4-10,13H2,1-3H3/t14-/m1/s1. The van der Waals surface area contributed by atoms with Gasteiger partial charge in [-0.1, -0.05) is 13.8 Å². The first-order chi connectivity index (χ1) is 11.7. The lowest BCUT2D eigenvalue weighted by atomic mass is 10.2. The average molecular weight is 393 g/mol. The molecule has 1 aliphatic rings. The third kappa shape index (κ3) is 4.81. The number of nitrogens with zero attached hydrogens (tertiary/aromatic N) is 4. The van der Waals surface area contributed by atoms with Crippen molar-refractivity contribution in [2.24, 2.45) is 0 Å². The van der Waals surface area contributed by atoms with E-state index in [1.165, 1.54) is 16.7 Å². The zero-order valence-corrected chi connectivity index (χ0v) is 16.8. The van der Waals surface area contributed by atoms with Crippen molar-refractivity contribution in [2.75, 3.05) is 37.7 Å². The summed E-state index contributed by atoms with van der Waals surface area (Å²) in [4.78, 5) is 2.25. The average Bonchev–Trinajstić information content (AvgIpc) is 3.18. The summed E-state index contributed by atoms with van der Waals surface area (Å²) in [6, 6.07) is -0.504. The predicted octanol–water partition coefficient (Wildman–Crippen LogP) is 0.423. The number of hydrogen-bond acceptors (Lipinski definition) is 6. The Kier molecular flexibility index (Phi) is 6.63. The zero-order valence-electron chi connectivity index (χ0n) is 15.1. The molecular weight excluding hydrogens is 364 g/mol. The van der Waals surface area contributed by atoms with Crippen molar-refractivity contribution in [3.63, 3.8) is 0 Å². The highest BCUT2D eigenvalue weighted by Gasteiger charge is 2.39. The monoisotopic (exact) mass is 392 g/mol. The Morgan fingerprint density at radius 3 is 2.40 bits per heavy atom. The van der Waals surface area contributed by atoms with Crippen molar-refractivity contribution in [2.45, 2.75) is 44.7 Å². The fraction of sp³-hybridized carbons (Fsp3) is 0.800. The largest absolute Gasteiger partial charge is 0.303 e. The van der Waals surface area contributed by atoms with E-state index in [0.29, 0.717) is 19.5 Å². The van der Waals surface area contributed by atoms with E-state index in [9.17, 15) is 16.8 Å². The normalized spacial score (nSPS) is 20.6. The molecule has 2 heterocycles. The lowest BCUT2D eigenvalue weighted by Crippen LogP contribution is -2.45. The summed E-state index contributed by atoms with van der Waals surface area (Å²) < 4.78 is 52.9. The SMILES string of the molecule is CCN(CC)CCN([C@@H]1CCS(=O)(=O)C1)S(=O)(=O)c1cnn(CC)c1. The molecule has 0 spiro atoms. The molecule has 0 N–H and O–H groups in total. The van der Waals surface area contributed by atoms with Crippen molar-refractivity contribution in [1.29, 1.82) is 0 Å². The molecule has 1 aromatic rings. The molecule has 1 fully saturated rings. The molecule has 0 bridgehead atoms. The lowest BCUT2D eigenvalue weighted by molar-refractivity contribution is 0.250. The van der Waals surface area contributed by atoms with E-state index in [1.807, 2.05) is 20.8 Å². The van der Waals surface area contributed by atoms with Gasteiger partial charge >= 0.3 is 0 Å². The Morgan fingerprint density at radius 1 is 1.24 bits per heavy atom. The van der Waals surface area contributed by atoms with E-state index in [4.69, 9.17) is 0 Å². The van der Waals surface area contributed by atoms with Gasteiger partial charge < -0.3 is 4.90 Å². The molecule has 1 aliphatic heterocycles. The molecule has 1 aromatic heterocycles. The smallest absolute Gasteiger partial charge is 0.246 e. The van der Waals surface area contributed by atoms with Crippen molar-refractivity contribution in [3.05, 3.63) is 12.4 Å². The van der Waals surface area contributed by atoms with Gasteiger partial charge in [-0.15, -0.1) is 0 Å². The first kappa shape index (κ1) is 20.3. The second kappa shape index (κ2) is 8.15. The minimum atomic E-state index is -3.78. The van der Waals surface area contributed by atoms with Crippen LogP contribution in [0, 0.1) is 0 Å². The first-order valence-electron chi connectivity index (χ1n) is 8.70. The Balaban J connectivity index is 2.29. The maximum absolute atomic E-state index is 13.1. The highest BCUT2D eigenvalue weighted by atomic mass is 32.2. The molecule has 1 atom stereocenters. The van der Waals surface area contributed by atoms with E-state index in [2.05, 4.69) is 10.00 Å². The molecule has 8 nitrogen and oxygen atoms in total. The number of aromatic nitrogens is 2. The highest BCUT2D eigenvalue weighted by molar-refractivity contribution is 7.92. The number of sulfone groups is 1. The summed E-state index contributed by atoms with van der Waals surface area (Å²) in [5.74, 6) is -0.0599. The van der Waals surface area contributed by atoms with Gasteiger partial charge in [0.1, 0.15) is 4.90 Å². The minimum absolute atomic E-state index is 0.0448. The maximum atomic E-state index is 13.1. The van der Waals surface area contributed by atoms with Crippen LogP contribution >= 0.6 is 0 Å². The number of sulfonamides is 1. The summed E-state index contributed by atoms with van der Waals surface area (Å²) in [6.45, 7) is 8.99. The van der Waals surface area contributed by atoms with Crippen LogP contribution in [-0.2, 0) is 26.4 Å². The quantitative estimate of drug-likeness (QED) is 0.605. The van der Waals surface area contributed by atoms with Crippen LogP contribution in [0.2, 0.25) is 0 Å². The van der Waals surface area contributed by atoms with Crippen LogP contribution in [0.25, 0.3) is 0 Å². The Hall–Kier alpha value is -0.970. The number of aryl methyl sites for hydroxylation is 1. The van der Waals surface area contributed by atoms with Crippen molar-refractivity contribution in [1.82, 2.24) is 19.0 Å². The van der Waals surface area contributed by atoms with Crippen LogP contribution in [0.4, 0.5) is 0 Å². The van der Waals surface area contributed by atoms with Gasteiger partial charge in [-0.25, -0.2) is 16.8 Å². The van der Waals surface area contributed by atoms with E-state index >= 15 is 0 Å². The second-order valence-corrected chi connectivity index (χ2v) is 10.4. The van der Waals surface area contributed by atoms with Gasteiger partial charge in [0, 0.05) is 31.9 Å². The maximum Gasteiger partial charge on any atom is 0.246 e. The van der Waals surface area contributed by atoms with Crippen LogP contribution in [0.1, 0.15) is 27.2 Å². The molecule has 0 amide bonds. The Morgan fingerprint density at radius 2 is 1.92 bits per heavy atom. The third-order valence-electron chi connectivity index (χ3n) is 4.69. The Bertz CT molecular complexity index is 769. The summed E-state index contributed by atoms with van der Waals surface area (Å²) in [7, 11) is -6.95. The summed E-state index contributed by atoms with van der Waals surface area (Å²) >= 11 is 0. The molecule has 0 aliphatic carbocycles. The van der Waals surface area contributed by atoms with E-state index in [1.54, 1.807) is 4.68 Å². The van der Waals surface area contributed by atoms with E-state index in [0.717, 1.165) is 13.1 Å². The number of hydrogen-bond donors (Lipinski definition) is 0. The van der Waals surface area contributed by atoms with Gasteiger partial charge in [0.25, 0.3) is 0 Å². The minimum Gasteiger partial charge on any atom is -0.303 e. The fourth-order valence-corrected chi connectivity index (χ4v) is 6.49. The van der Waals surface area contributed by atoms with Crippen LogP contribution < -0.4 is 0 Å². The molecule has 2 rings (SSSR count). The number of likely N-dealkylation sites (N-methyl/N-ethyl adjacent to an activating group) is 1. The van der Waals surface area contributed by atoms with E-state index in [-0.39, 0.29) is 22.9 Å². The van der Waals surface area contributed by atoms with Gasteiger partial charge in [-0.3, -0.25) is 4.68 Å². The molecular formula is C15H28N4O4S2. The zero-order chi connectivity index (χ0) is 18.7. The summed E-state index contributed by atoms with van der Waals surface area (Å²) in [5.41, 5.74) is 0. The molecule has 10 heteroatoms. The molecule has 0 radical (unpaired) electrons.